The molecule has 0 aliphatic rings. The van der Waals surface area contributed by atoms with E-state index in [9.17, 15) is 14.4 Å². The Morgan fingerprint density at radius 3 is 1.93 bits per heavy atom. The van der Waals surface area contributed by atoms with Crippen molar-refractivity contribution in [2.24, 2.45) is 0 Å². The summed E-state index contributed by atoms with van der Waals surface area (Å²) in [6, 6.07) is 4.49. The number of hydrogen-bond donors (Lipinski definition) is 1. The molecule has 1 N–H and O–H groups in total. The molecule has 1 rings (SSSR count). The molecular formula is C21H29AsO8. The standard InChI is InChI=1S/C21H29AsO8/c1-3-5-7-11-27-20(25)29-17-10-9-15(13-16(22)19(23)24)14-18(17)30-21(26)28-12-8-6-4-2/h9-10,14,16H,3-8,11-13H2,1-2H3,(H,23,24)/t16-/m0/s1. The molecule has 1 atom stereocenters. The predicted octanol–water partition coefficient (Wildman–Crippen LogP) is 4.68. The molecule has 166 valence electrons. The molecule has 0 heterocycles. The van der Waals surface area contributed by atoms with Gasteiger partial charge in [0.15, 0.2) is 0 Å². The van der Waals surface area contributed by atoms with Crippen LogP contribution in [0.2, 0.25) is 4.71 Å². The maximum atomic E-state index is 12.0. The van der Waals surface area contributed by atoms with E-state index in [2.05, 4.69) is 16.9 Å². The van der Waals surface area contributed by atoms with Gasteiger partial charge in [-0.2, -0.15) is 0 Å². The van der Waals surface area contributed by atoms with Crippen LogP contribution in [0.15, 0.2) is 18.2 Å². The van der Waals surface area contributed by atoms with E-state index < -0.39 is 23.0 Å². The van der Waals surface area contributed by atoms with Crippen molar-refractivity contribution in [2.45, 2.75) is 63.5 Å². The second-order valence-electron chi connectivity index (χ2n) is 6.65. The molecule has 0 saturated carbocycles. The Kier molecular flexibility index (Phi) is 12.7. The predicted molar refractivity (Wildman–Crippen MR) is 110 cm³/mol. The number of carbonyl (C=O) groups is 3. The first-order valence-corrected chi connectivity index (χ1v) is 11.2. The van der Waals surface area contributed by atoms with Crippen molar-refractivity contribution < 1.29 is 38.4 Å². The molecule has 1 aromatic carbocycles. The number of carbonyl (C=O) groups excluding carboxylic acids is 2. The minimum Gasteiger partial charge on any atom is -0.0654 e. The van der Waals surface area contributed by atoms with Crippen LogP contribution in [0.5, 0.6) is 11.5 Å². The minimum absolute atomic E-state index is 0.0118. The van der Waals surface area contributed by atoms with Crippen molar-refractivity contribution in [1.82, 2.24) is 0 Å². The fourth-order valence-corrected chi connectivity index (χ4v) is 2.85. The van der Waals surface area contributed by atoms with E-state index >= 15 is 0 Å². The molecule has 0 fully saturated rings. The fraction of sp³-hybridized carbons (Fsp3) is 0.571. The van der Waals surface area contributed by atoms with E-state index in [1.807, 2.05) is 13.8 Å². The average Bonchev–Trinajstić information content (AvgIpc) is 2.70. The van der Waals surface area contributed by atoms with Crippen molar-refractivity contribution in [3.05, 3.63) is 23.8 Å². The van der Waals surface area contributed by atoms with Gasteiger partial charge in [-0.3, -0.25) is 0 Å². The first-order chi connectivity index (χ1) is 14.4. The molecule has 30 heavy (non-hydrogen) atoms. The number of rotatable bonds is 13. The topological polar surface area (TPSA) is 108 Å². The van der Waals surface area contributed by atoms with Gasteiger partial charge in [-0.05, 0) is 0 Å². The van der Waals surface area contributed by atoms with E-state index in [1.165, 1.54) is 12.1 Å². The maximum absolute atomic E-state index is 12.0. The molecule has 0 saturated heterocycles. The summed E-state index contributed by atoms with van der Waals surface area (Å²) < 4.78 is 19.7. The SMILES string of the molecule is CCCCCOC(=O)Oc1ccc(C[C@H]([As])C(=O)O)cc1OC(=O)OCCCCC. The van der Waals surface area contributed by atoms with Crippen molar-refractivity contribution in [3.63, 3.8) is 0 Å². The third-order valence-electron chi connectivity index (χ3n) is 4.04. The monoisotopic (exact) mass is 484 g/mol. The van der Waals surface area contributed by atoms with E-state index in [4.69, 9.17) is 24.1 Å². The first-order valence-electron chi connectivity index (χ1n) is 10.1. The summed E-state index contributed by atoms with van der Waals surface area (Å²) in [5.74, 6) is -1.02. The molecule has 0 unspecified atom stereocenters. The number of unbranched alkanes of at least 4 members (excludes halogenated alkanes) is 4. The minimum atomic E-state index is -0.969. The zero-order valence-corrected chi connectivity index (χ0v) is 19.3. The van der Waals surface area contributed by atoms with Gasteiger partial charge >= 0.3 is 165 Å². The summed E-state index contributed by atoms with van der Waals surface area (Å²) >= 11 is 2.07. The van der Waals surface area contributed by atoms with Gasteiger partial charge in [0, 0.05) is 0 Å². The summed E-state index contributed by atoms with van der Waals surface area (Å²) in [6.45, 7) is 4.52. The Morgan fingerprint density at radius 2 is 1.43 bits per heavy atom. The van der Waals surface area contributed by atoms with Crippen LogP contribution in [0.1, 0.15) is 57.9 Å². The van der Waals surface area contributed by atoms with Crippen molar-refractivity contribution in [2.75, 3.05) is 13.2 Å². The van der Waals surface area contributed by atoms with Crippen LogP contribution in [0.4, 0.5) is 9.59 Å². The summed E-state index contributed by atoms with van der Waals surface area (Å²) in [6.07, 6.45) is 3.63. The molecule has 0 amide bonds. The van der Waals surface area contributed by atoms with Crippen LogP contribution < -0.4 is 9.47 Å². The van der Waals surface area contributed by atoms with Crippen LogP contribution in [-0.2, 0) is 20.7 Å². The molecule has 0 aliphatic carbocycles. The quantitative estimate of drug-likeness (QED) is 0.186. The fourth-order valence-electron chi connectivity index (χ4n) is 2.41. The number of hydrogen-bond acceptors (Lipinski definition) is 7. The van der Waals surface area contributed by atoms with Gasteiger partial charge in [-0.25, -0.2) is 0 Å². The average molecular weight is 484 g/mol. The first kappa shape index (κ1) is 25.8. The molecule has 8 nitrogen and oxygen atoms in total. The number of aliphatic carboxylic acids is 1. The molecule has 0 spiro atoms. The molecule has 9 heteroatoms. The second kappa shape index (κ2) is 14.7. The number of ether oxygens (including phenoxy) is 4. The van der Waals surface area contributed by atoms with Gasteiger partial charge in [0.05, 0.1) is 0 Å². The Hall–Kier alpha value is -2.21. The van der Waals surface area contributed by atoms with Crippen LogP contribution >= 0.6 is 0 Å². The van der Waals surface area contributed by atoms with Gasteiger partial charge in [-0.1, -0.05) is 20.3 Å². The third kappa shape index (κ3) is 10.5. The summed E-state index contributed by atoms with van der Waals surface area (Å²) in [5.41, 5.74) is 0.598. The summed E-state index contributed by atoms with van der Waals surface area (Å²) in [7, 11) is 0. The van der Waals surface area contributed by atoms with Crippen LogP contribution in [-0.4, -0.2) is 53.5 Å². The van der Waals surface area contributed by atoms with Gasteiger partial charge in [0.2, 0.25) is 0 Å². The van der Waals surface area contributed by atoms with Crippen LogP contribution in [0.25, 0.3) is 0 Å². The third-order valence-corrected chi connectivity index (χ3v) is 4.89. The smallest absolute Gasteiger partial charge is 0.0654 e. The Morgan fingerprint density at radius 1 is 0.900 bits per heavy atom. The zero-order valence-electron chi connectivity index (χ0n) is 17.4. The Bertz CT molecular complexity index is 692. The second-order valence-corrected chi connectivity index (χ2v) is 7.96. The Balaban J connectivity index is 2.84. The summed E-state index contributed by atoms with van der Waals surface area (Å²) in [4.78, 5) is 35.0. The zero-order chi connectivity index (χ0) is 22.4. The van der Waals surface area contributed by atoms with Gasteiger partial charge in [-0.15, -0.1) is 0 Å². The van der Waals surface area contributed by atoms with E-state index in [1.54, 1.807) is 6.07 Å². The van der Waals surface area contributed by atoms with Crippen molar-refractivity contribution in [3.8, 4) is 11.5 Å². The van der Waals surface area contributed by atoms with Gasteiger partial charge in [0.1, 0.15) is 0 Å². The number of benzene rings is 1. The van der Waals surface area contributed by atoms with E-state index in [0.717, 1.165) is 32.1 Å². The van der Waals surface area contributed by atoms with E-state index in [0.29, 0.717) is 12.0 Å². The van der Waals surface area contributed by atoms with E-state index in [-0.39, 0.29) is 31.1 Å². The molecule has 0 aromatic heterocycles. The van der Waals surface area contributed by atoms with Gasteiger partial charge in [0.25, 0.3) is 0 Å². The van der Waals surface area contributed by atoms with Gasteiger partial charge < -0.3 is 0 Å². The van der Waals surface area contributed by atoms with Crippen molar-refractivity contribution in [1.29, 1.82) is 0 Å². The summed E-state index contributed by atoms with van der Waals surface area (Å²) in [5, 5.41) is 9.09. The molecule has 2 radical (unpaired) electrons. The molecular weight excluding hydrogens is 455 g/mol. The molecule has 1 aromatic rings. The molecule has 0 aliphatic heterocycles. The Labute approximate surface area is 185 Å². The normalized spacial score (nSPS) is 11.4. The van der Waals surface area contributed by atoms with Crippen molar-refractivity contribution >= 4 is 35.1 Å². The number of carboxylic acids is 1. The van der Waals surface area contributed by atoms with Crippen LogP contribution in [0.3, 0.4) is 0 Å². The molecule has 0 bridgehead atoms. The number of carboxylic acid groups (broad SMARTS) is 1. The van der Waals surface area contributed by atoms with Crippen LogP contribution in [0, 0.1) is 0 Å².